The Morgan fingerprint density at radius 3 is 2.50 bits per heavy atom. The van der Waals surface area contributed by atoms with Gasteiger partial charge < -0.3 is 21.7 Å². The van der Waals surface area contributed by atoms with E-state index in [1.807, 2.05) is 6.21 Å². The molecule has 0 radical (unpaired) electrons. The maximum Gasteiger partial charge on any atom is 0.165 e. The molecular weight excluding hydrogens is 194 g/mol. The van der Waals surface area contributed by atoms with Gasteiger partial charge in [0.25, 0.3) is 0 Å². The molecule has 0 rings (SSSR count). The number of ether oxygens (including phenoxy) is 1. The summed E-state index contributed by atoms with van der Waals surface area (Å²) in [5, 5.41) is 0. The van der Waals surface area contributed by atoms with E-state index in [-0.39, 0.29) is 17.0 Å². The molecule has 0 aromatic rings. The first-order valence-electron chi connectivity index (χ1n) is 3.33. The third kappa shape index (κ3) is 8.11. The molecule has 0 heterocycles. The number of rotatable bonds is 4. The number of nitrogens with zero attached hydrogens (tertiary/aromatic N) is 1. The second-order valence-corrected chi connectivity index (χ2v) is 2.12. The van der Waals surface area contributed by atoms with Gasteiger partial charge in [-0.3, -0.25) is 0 Å². The summed E-state index contributed by atoms with van der Waals surface area (Å²) in [5.74, 6) is 0. The summed E-state index contributed by atoms with van der Waals surface area (Å²) < 4.78 is 7.00. The Kier molecular flexibility index (Phi) is 11.6. The molecule has 0 bridgehead atoms. The van der Waals surface area contributed by atoms with E-state index in [4.69, 9.17) is 4.74 Å². The zero-order valence-corrected chi connectivity index (χ0v) is 8.52. The van der Waals surface area contributed by atoms with E-state index in [2.05, 4.69) is 18.5 Å². The van der Waals surface area contributed by atoms with Gasteiger partial charge in [0.1, 0.15) is 20.2 Å². The molecule has 0 saturated carbocycles. The lowest BCUT2D eigenvalue weighted by Crippen LogP contribution is -3.00. The Morgan fingerprint density at radius 2 is 2.10 bits per heavy atom. The third-order valence-electron chi connectivity index (χ3n) is 1.13. The van der Waals surface area contributed by atoms with Gasteiger partial charge in [-0.15, -0.1) is 0 Å². The summed E-state index contributed by atoms with van der Waals surface area (Å²) in [6, 6.07) is 0. The lowest BCUT2D eigenvalue weighted by Gasteiger charge is -1.91. The second-order valence-electron chi connectivity index (χ2n) is 2.12. The minimum Gasteiger partial charge on any atom is -1.00 e. The van der Waals surface area contributed by atoms with E-state index in [0.29, 0.717) is 0 Å². The van der Waals surface area contributed by atoms with Crippen LogP contribution in [0.15, 0.2) is 0 Å². The maximum atomic E-state index is 4.86. The number of halogens is 1. The van der Waals surface area contributed by atoms with Crippen LogP contribution in [0, 0.1) is 0 Å². The average Bonchev–Trinajstić information content (AvgIpc) is 1.85. The minimum absolute atomic E-state index is 0. The minimum atomic E-state index is 0. The molecule has 0 unspecified atom stereocenters. The lowest BCUT2D eigenvalue weighted by molar-refractivity contribution is -0.494. The molecule has 0 fully saturated rings. The summed E-state index contributed by atoms with van der Waals surface area (Å²) in [7, 11) is 3.76. The predicted octanol–water partition coefficient (Wildman–Crippen LogP) is -2.24. The van der Waals surface area contributed by atoms with Gasteiger partial charge in [0.05, 0.1) is 0 Å². The fourth-order valence-electron chi connectivity index (χ4n) is 0.646. The van der Waals surface area contributed by atoms with Crippen LogP contribution in [0.4, 0.5) is 0 Å². The molecule has 3 heteroatoms. The number of hydrogen-bond acceptors (Lipinski definition) is 1. The van der Waals surface area contributed by atoms with Gasteiger partial charge in [-0.2, -0.15) is 0 Å². The van der Waals surface area contributed by atoms with E-state index in [9.17, 15) is 0 Å². The molecule has 2 nitrogen and oxygen atoms in total. The van der Waals surface area contributed by atoms with Crippen LogP contribution < -0.4 is 17.0 Å². The maximum absolute atomic E-state index is 4.86. The first-order valence-corrected chi connectivity index (χ1v) is 3.33. The van der Waals surface area contributed by atoms with Crippen molar-refractivity contribution in [2.24, 2.45) is 0 Å². The molecule has 62 valence electrons. The molecular formula is C7H16BrNO. The predicted molar refractivity (Wildman–Crippen MR) is 39.3 cm³/mol. The third-order valence-corrected chi connectivity index (χ3v) is 1.13. The first-order chi connectivity index (χ1) is 4.31. The van der Waals surface area contributed by atoms with Gasteiger partial charge in [-0.25, -0.2) is 4.58 Å². The van der Waals surface area contributed by atoms with Gasteiger partial charge in [-0.1, -0.05) is 6.92 Å². The van der Waals surface area contributed by atoms with Gasteiger partial charge in [0.15, 0.2) is 6.21 Å². The highest BCUT2D eigenvalue weighted by molar-refractivity contribution is 5.52. The normalized spacial score (nSPS) is 10.9. The fraction of sp³-hybridized carbons (Fsp3) is 0.857. The van der Waals surface area contributed by atoms with E-state index in [0.717, 1.165) is 13.2 Å². The van der Waals surface area contributed by atoms with Gasteiger partial charge in [0.2, 0.25) is 0 Å². The smallest absolute Gasteiger partial charge is 0.165 e. The Balaban J connectivity index is 0. The zero-order valence-electron chi connectivity index (χ0n) is 6.93. The quantitative estimate of drug-likeness (QED) is 0.377. The van der Waals surface area contributed by atoms with Crippen molar-refractivity contribution in [3.05, 3.63) is 0 Å². The Morgan fingerprint density at radius 1 is 1.50 bits per heavy atom. The molecule has 0 saturated heterocycles. The van der Waals surface area contributed by atoms with E-state index >= 15 is 0 Å². The standard InChI is InChI=1S/C7H16NO.BrH/c1-4-5-8(2)6-7-9-3;/h6H,4-5,7H2,1-3H3;1H/q+1;/p-1. The van der Waals surface area contributed by atoms with Crippen molar-refractivity contribution < 1.29 is 26.3 Å². The summed E-state index contributed by atoms with van der Waals surface area (Å²) >= 11 is 0. The van der Waals surface area contributed by atoms with Crippen LogP contribution in [-0.2, 0) is 4.74 Å². The Bertz CT molecular complexity index is 93.6. The highest BCUT2D eigenvalue weighted by Crippen LogP contribution is 1.74. The van der Waals surface area contributed by atoms with Crippen molar-refractivity contribution in [3.63, 3.8) is 0 Å². The van der Waals surface area contributed by atoms with Crippen LogP contribution in [0.1, 0.15) is 13.3 Å². The largest absolute Gasteiger partial charge is 1.00 e. The zero-order chi connectivity index (χ0) is 7.11. The van der Waals surface area contributed by atoms with Crippen LogP contribution in [0.3, 0.4) is 0 Å². The topological polar surface area (TPSA) is 12.2 Å². The molecule has 0 aromatic heterocycles. The van der Waals surface area contributed by atoms with Gasteiger partial charge >= 0.3 is 0 Å². The SMILES string of the molecule is CCC[N+](C)=CCOC.[Br-]. The fourth-order valence-corrected chi connectivity index (χ4v) is 0.646. The van der Waals surface area contributed by atoms with E-state index < -0.39 is 0 Å². The first kappa shape index (κ1) is 12.8. The van der Waals surface area contributed by atoms with Crippen molar-refractivity contribution in [1.29, 1.82) is 0 Å². The summed E-state index contributed by atoms with van der Waals surface area (Å²) in [6.07, 6.45) is 3.24. The molecule has 0 aromatic carbocycles. The van der Waals surface area contributed by atoms with Crippen molar-refractivity contribution in [3.8, 4) is 0 Å². The molecule has 0 spiro atoms. The Labute approximate surface area is 73.7 Å². The number of hydrogen-bond donors (Lipinski definition) is 0. The summed E-state index contributed by atoms with van der Waals surface area (Å²) in [6.45, 7) is 4.00. The number of methoxy groups -OCH3 is 1. The molecule has 0 aliphatic carbocycles. The molecule has 0 aliphatic rings. The van der Waals surface area contributed by atoms with Crippen molar-refractivity contribution in [2.75, 3.05) is 27.3 Å². The van der Waals surface area contributed by atoms with Crippen LogP contribution in [0.2, 0.25) is 0 Å². The highest BCUT2D eigenvalue weighted by Gasteiger charge is 1.89. The molecule has 0 aliphatic heterocycles. The van der Waals surface area contributed by atoms with E-state index in [1.165, 1.54) is 6.42 Å². The van der Waals surface area contributed by atoms with Gasteiger partial charge in [0, 0.05) is 13.5 Å². The summed E-state index contributed by atoms with van der Waals surface area (Å²) in [5.41, 5.74) is 0. The highest BCUT2D eigenvalue weighted by atomic mass is 79.9. The summed E-state index contributed by atoms with van der Waals surface area (Å²) in [4.78, 5) is 0. The molecule has 0 atom stereocenters. The average molecular weight is 210 g/mol. The second kappa shape index (κ2) is 9.11. The van der Waals surface area contributed by atoms with Crippen molar-refractivity contribution in [1.82, 2.24) is 0 Å². The van der Waals surface area contributed by atoms with Crippen LogP contribution in [-0.4, -0.2) is 38.1 Å². The van der Waals surface area contributed by atoms with Crippen LogP contribution >= 0.6 is 0 Å². The van der Waals surface area contributed by atoms with Crippen molar-refractivity contribution in [2.45, 2.75) is 13.3 Å². The molecule has 0 amide bonds. The van der Waals surface area contributed by atoms with Crippen molar-refractivity contribution >= 4 is 6.21 Å². The molecule has 10 heavy (non-hydrogen) atoms. The Hall–Kier alpha value is 0.110. The monoisotopic (exact) mass is 209 g/mol. The van der Waals surface area contributed by atoms with Crippen LogP contribution in [0.25, 0.3) is 0 Å². The molecule has 0 N–H and O–H groups in total. The lowest BCUT2D eigenvalue weighted by atomic mass is 10.5. The van der Waals surface area contributed by atoms with E-state index in [1.54, 1.807) is 7.11 Å². The van der Waals surface area contributed by atoms with Gasteiger partial charge in [-0.05, 0) is 0 Å². The van der Waals surface area contributed by atoms with Crippen LogP contribution in [0.5, 0.6) is 0 Å².